The standard InChI is InChI=1S/C18H16ClFN2O/c1-21-18-15(12-8-5-9-13(20)16(12)19)17(23)14(22-18)10-11-6-3-2-4-7-11/h2-9,21-23H,10H2,1H3. The van der Waals surface area contributed by atoms with Crippen LogP contribution in [0.25, 0.3) is 11.1 Å². The van der Waals surface area contributed by atoms with Crippen LogP contribution in [0.5, 0.6) is 5.75 Å². The molecule has 1 heterocycles. The van der Waals surface area contributed by atoms with Crippen molar-refractivity contribution >= 4 is 17.4 Å². The van der Waals surface area contributed by atoms with Crippen LogP contribution >= 0.6 is 11.6 Å². The topological polar surface area (TPSA) is 48.0 Å². The number of aromatic amines is 1. The Morgan fingerprint density at radius 2 is 1.87 bits per heavy atom. The van der Waals surface area contributed by atoms with Crippen LogP contribution in [-0.4, -0.2) is 17.1 Å². The van der Waals surface area contributed by atoms with Crippen molar-refractivity contribution in [1.29, 1.82) is 0 Å². The summed E-state index contributed by atoms with van der Waals surface area (Å²) in [7, 11) is 1.73. The van der Waals surface area contributed by atoms with Crippen LogP contribution in [-0.2, 0) is 6.42 Å². The normalized spacial score (nSPS) is 10.7. The Hall–Kier alpha value is -2.46. The highest BCUT2D eigenvalue weighted by molar-refractivity contribution is 6.33. The number of H-pyrrole nitrogens is 1. The van der Waals surface area contributed by atoms with Gasteiger partial charge >= 0.3 is 0 Å². The van der Waals surface area contributed by atoms with E-state index in [9.17, 15) is 9.50 Å². The summed E-state index contributed by atoms with van der Waals surface area (Å²) in [5.41, 5.74) is 2.63. The summed E-state index contributed by atoms with van der Waals surface area (Å²) >= 11 is 6.07. The summed E-state index contributed by atoms with van der Waals surface area (Å²) in [5.74, 6) is 0.156. The monoisotopic (exact) mass is 330 g/mol. The van der Waals surface area contributed by atoms with E-state index < -0.39 is 5.82 Å². The van der Waals surface area contributed by atoms with Gasteiger partial charge in [0.05, 0.1) is 16.3 Å². The molecular weight excluding hydrogens is 315 g/mol. The van der Waals surface area contributed by atoms with Crippen molar-refractivity contribution in [2.75, 3.05) is 12.4 Å². The molecule has 3 N–H and O–H groups in total. The maximum Gasteiger partial charge on any atom is 0.146 e. The number of halogens is 2. The van der Waals surface area contributed by atoms with Crippen LogP contribution in [0, 0.1) is 5.82 Å². The number of aromatic nitrogens is 1. The third-order valence-electron chi connectivity index (χ3n) is 3.74. The van der Waals surface area contributed by atoms with Crippen LogP contribution in [0.15, 0.2) is 48.5 Å². The average molecular weight is 331 g/mol. The van der Waals surface area contributed by atoms with Crippen molar-refractivity contribution in [1.82, 2.24) is 4.98 Å². The molecule has 0 spiro atoms. The Morgan fingerprint density at radius 1 is 1.13 bits per heavy atom. The lowest BCUT2D eigenvalue weighted by Gasteiger charge is -2.07. The third-order valence-corrected chi connectivity index (χ3v) is 4.13. The molecule has 0 atom stereocenters. The molecule has 3 nitrogen and oxygen atoms in total. The van der Waals surface area contributed by atoms with Crippen LogP contribution in [0.3, 0.4) is 0 Å². The molecule has 23 heavy (non-hydrogen) atoms. The minimum atomic E-state index is -0.517. The first-order valence-corrected chi connectivity index (χ1v) is 7.59. The average Bonchev–Trinajstić information content (AvgIpc) is 2.87. The smallest absolute Gasteiger partial charge is 0.146 e. The van der Waals surface area contributed by atoms with Crippen molar-refractivity contribution in [2.45, 2.75) is 6.42 Å². The highest BCUT2D eigenvalue weighted by Gasteiger charge is 2.21. The first-order chi connectivity index (χ1) is 11.1. The number of aromatic hydroxyl groups is 1. The zero-order chi connectivity index (χ0) is 16.4. The second-order valence-corrected chi connectivity index (χ2v) is 5.59. The van der Waals surface area contributed by atoms with Gasteiger partial charge in [-0.25, -0.2) is 4.39 Å². The zero-order valence-corrected chi connectivity index (χ0v) is 13.3. The number of benzene rings is 2. The predicted molar refractivity (Wildman–Crippen MR) is 91.7 cm³/mol. The summed E-state index contributed by atoms with van der Waals surface area (Å²) in [5, 5.41) is 13.6. The molecule has 0 aliphatic rings. The lowest BCUT2D eigenvalue weighted by molar-refractivity contribution is 0.472. The van der Waals surface area contributed by atoms with Gasteiger partial charge in [0.1, 0.15) is 17.4 Å². The van der Waals surface area contributed by atoms with Crippen LogP contribution in [0.4, 0.5) is 10.2 Å². The fraction of sp³-hybridized carbons (Fsp3) is 0.111. The van der Waals surface area contributed by atoms with Gasteiger partial charge in [-0.3, -0.25) is 0 Å². The molecule has 0 unspecified atom stereocenters. The Labute approximate surface area is 138 Å². The number of hydrogen-bond donors (Lipinski definition) is 3. The summed E-state index contributed by atoms with van der Waals surface area (Å²) < 4.78 is 13.7. The molecule has 0 bridgehead atoms. The minimum absolute atomic E-state index is 0.00967. The summed E-state index contributed by atoms with van der Waals surface area (Å²) in [6.07, 6.45) is 0.536. The SMILES string of the molecule is CNc1[nH]c(Cc2ccccc2)c(O)c1-c1cccc(F)c1Cl. The molecule has 0 saturated heterocycles. The van der Waals surface area contributed by atoms with Crippen LogP contribution in [0.1, 0.15) is 11.3 Å². The Bertz CT molecular complexity index is 831. The van der Waals surface area contributed by atoms with Gasteiger partial charge in [-0.2, -0.15) is 0 Å². The number of nitrogens with one attached hydrogen (secondary N) is 2. The molecular formula is C18H16ClFN2O. The fourth-order valence-corrected chi connectivity index (χ4v) is 2.84. The molecule has 118 valence electrons. The van der Waals surface area contributed by atoms with Crippen molar-refractivity contribution < 1.29 is 9.50 Å². The maximum atomic E-state index is 13.7. The van der Waals surface area contributed by atoms with Crippen molar-refractivity contribution in [3.05, 3.63) is 70.6 Å². The number of rotatable bonds is 4. The van der Waals surface area contributed by atoms with Gasteiger partial charge in [-0.15, -0.1) is 0 Å². The van der Waals surface area contributed by atoms with Gasteiger partial charge in [-0.1, -0.05) is 54.1 Å². The lowest BCUT2D eigenvalue weighted by atomic mass is 10.0. The van der Waals surface area contributed by atoms with Gasteiger partial charge in [0, 0.05) is 19.0 Å². The molecule has 0 aliphatic heterocycles. The van der Waals surface area contributed by atoms with Gasteiger partial charge in [0.2, 0.25) is 0 Å². The molecule has 2 aromatic carbocycles. The van der Waals surface area contributed by atoms with Crippen molar-refractivity contribution in [3.63, 3.8) is 0 Å². The minimum Gasteiger partial charge on any atom is -0.505 e. The highest BCUT2D eigenvalue weighted by Crippen LogP contribution is 2.43. The first kappa shape index (κ1) is 15.4. The van der Waals surface area contributed by atoms with E-state index in [1.54, 1.807) is 19.2 Å². The van der Waals surface area contributed by atoms with Gasteiger partial charge in [0.15, 0.2) is 0 Å². The number of anilines is 1. The van der Waals surface area contributed by atoms with Gasteiger partial charge in [0.25, 0.3) is 0 Å². The van der Waals surface area contributed by atoms with Crippen LogP contribution in [0.2, 0.25) is 5.02 Å². The van der Waals surface area contributed by atoms with Gasteiger partial charge in [-0.05, 0) is 11.6 Å². The fourth-order valence-electron chi connectivity index (χ4n) is 2.62. The second-order valence-electron chi connectivity index (χ2n) is 5.22. The molecule has 0 amide bonds. The van der Waals surface area contributed by atoms with Gasteiger partial charge < -0.3 is 15.4 Å². The van der Waals surface area contributed by atoms with E-state index in [1.807, 2.05) is 30.3 Å². The Morgan fingerprint density at radius 3 is 2.57 bits per heavy atom. The molecule has 3 rings (SSSR count). The molecule has 0 aliphatic carbocycles. The summed E-state index contributed by atoms with van der Waals surface area (Å²) in [6.45, 7) is 0. The second kappa shape index (κ2) is 6.34. The lowest BCUT2D eigenvalue weighted by Crippen LogP contribution is -1.92. The van der Waals surface area contributed by atoms with E-state index in [4.69, 9.17) is 11.6 Å². The Kier molecular flexibility index (Phi) is 4.26. The third kappa shape index (κ3) is 2.90. The molecule has 0 radical (unpaired) electrons. The molecule has 0 saturated carbocycles. The Balaban J connectivity index is 2.09. The largest absolute Gasteiger partial charge is 0.505 e. The predicted octanol–water partition coefficient (Wildman–Crippen LogP) is 4.81. The molecule has 5 heteroatoms. The molecule has 1 aromatic heterocycles. The summed E-state index contributed by atoms with van der Waals surface area (Å²) in [6, 6.07) is 14.3. The maximum absolute atomic E-state index is 13.7. The van der Waals surface area contributed by atoms with E-state index in [0.717, 1.165) is 5.56 Å². The summed E-state index contributed by atoms with van der Waals surface area (Å²) in [4.78, 5) is 3.15. The highest BCUT2D eigenvalue weighted by atomic mass is 35.5. The van der Waals surface area contributed by atoms with E-state index in [0.29, 0.717) is 29.1 Å². The quantitative estimate of drug-likeness (QED) is 0.642. The van der Waals surface area contributed by atoms with Crippen LogP contribution < -0.4 is 5.32 Å². The van der Waals surface area contributed by atoms with E-state index in [-0.39, 0.29) is 10.8 Å². The van der Waals surface area contributed by atoms with Crippen molar-refractivity contribution in [2.24, 2.45) is 0 Å². The number of hydrogen-bond acceptors (Lipinski definition) is 2. The van der Waals surface area contributed by atoms with E-state index in [2.05, 4.69) is 10.3 Å². The molecule has 3 aromatic rings. The van der Waals surface area contributed by atoms with Crippen molar-refractivity contribution in [3.8, 4) is 16.9 Å². The first-order valence-electron chi connectivity index (χ1n) is 7.21. The van der Waals surface area contributed by atoms with E-state index >= 15 is 0 Å². The zero-order valence-electron chi connectivity index (χ0n) is 12.5. The molecule has 0 fully saturated rings. The van der Waals surface area contributed by atoms with E-state index in [1.165, 1.54) is 6.07 Å².